The second-order valence-corrected chi connectivity index (χ2v) is 4.26. The van der Waals surface area contributed by atoms with Gasteiger partial charge in [-0.15, -0.1) is 0 Å². The van der Waals surface area contributed by atoms with Crippen LogP contribution in [0, 0.1) is 5.92 Å². The van der Waals surface area contributed by atoms with Crippen molar-refractivity contribution >= 4 is 5.97 Å². The van der Waals surface area contributed by atoms with E-state index in [1.54, 1.807) is 0 Å². The van der Waals surface area contributed by atoms with Crippen LogP contribution in [0.4, 0.5) is 0 Å². The number of ether oxygens (including phenoxy) is 1. The van der Waals surface area contributed by atoms with Gasteiger partial charge in [0.1, 0.15) is 6.61 Å². The SMILES string of the molecule is CCCC(=O)OCC=CC1CCCCC1. The fraction of sp³-hybridized carbons (Fsp3) is 0.769. The Morgan fingerprint density at radius 3 is 2.73 bits per heavy atom. The molecule has 0 amide bonds. The summed E-state index contributed by atoms with van der Waals surface area (Å²) >= 11 is 0. The van der Waals surface area contributed by atoms with Crippen LogP contribution in [0.25, 0.3) is 0 Å². The second kappa shape index (κ2) is 7.49. The Hall–Kier alpha value is -0.790. The molecule has 0 radical (unpaired) electrons. The molecule has 0 aromatic heterocycles. The van der Waals surface area contributed by atoms with E-state index < -0.39 is 0 Å². The van der Waals surface area contributed by atoms with Crippen LogP contribution in [0.5, 0.6) is 0 Å². The third-order valence-electron chi connectivity index (χ3n) is 2.85. The summed E-state index contributed by atoms with van der Waals surface area (Å²) in [6.07, 6.45) is 12.3. The van der Waals surface area contributed by atoms with Crippen molar-refractivity contribution in [2.75, 3.05) is 6.61 Å². The Bertz CT molecular complexity index is 203. The minimum atomic E-state index is -0.0780. The first kappa shape index (κ1) is 12.3. The van der Waals surface area contributed by atoms with Crippen molar-refractivity contribution < 1.29 is 9.53 Å². The molecule has 15 heavy (non-hydrogen) atoms. The van der Waals surface area contributed by atoms with E-state index in [9.17, 15) is 4.79 Å². The summed E-state index contributed by atoms with van der Waals surface area (Å²) in [5, 5.41) is 0. The minimum absolute atomic E-state index is 0.0780. The molecule has 1 aliphatic carbocycles. The van der Waals surface area contributed by atoms with E-state index in [0.717, 1.165) is 12.3 Å². The predicted octanol–water partition coefficient (Wildman–Crippen LogP) is 3.47. The molecule has 0 spiro atoms. The Balaban J connectivity index is 2.07. The zero-order valence-electron chi connectivity index (χ0n) is 9.71. The number of esters is 1. The molecule has 0 aromatic rings. The van der Waals surface area contributed by atoms with Crippen LogP contribution in [-0.2, 0) is 9.53 Å². The van der Waals surface area contributed by atoms with Gasteiger partial charge in [0, 0.05) is 6.42 Å². The Labute approximate surface area is 92.7 Å². The van der Waals surface area contributed by atoms with Gasteiger partial charge < -0.3 is 4.74 Å². The highest BCUT2D eigenvalue weighted by Gasteiger charge is 2.09. The number of hydrogen-bond acceptors (Lipinski definition) is 2. The highest BCUT2D eigenvalue weighted by Crippen LogP contribution is 2.24. The molecule has 0 heterocycles. The van der Waals surface area contributed by atoms with Gasteiger partial charge >= 0.3 is 5.97 Å². The molecule has 0 saturated heterocycles. The number of carbonyl (C=O) groups is 1. The van der Waals surface area contributed by atoms with Gasteiger partial charge in [-0.3, -0.25) is 4.79 Å². The van der Waals surface area contributed by atoms with E-state index in [4.69, 9.17) is 4.74 Å². The smallest absolute Gasteiger partial charge is 0.306 e. The molecule has 1 aliphatic rings. The van der Waals surface area contributed by atoms with E-state index in [-0.39, 0.29) is 5.97 Å². The second-order valence-electron chi connectivity index (χ2n) is 4.26. The lowest BCUT2D eigenvalue weighted by atomic mass is 9.89. The molecule has 0 aromatic carbocycles. The van der Waals surface area contributed by atoms with Gasteiger partial charge in [-0.2, -0.15) is 0 Å². The maximum atomic E-state index is 11.0. The van der Waals surface area contributed by atoms with Crippen LogP contribution in [0.15, 0.2) is 12.2 Å². The lowest BCUT2D eigenvalue weighted by Crippen LogP contribution is -2.05. The molecule has 2 heteroatoms. The van der Waals surface area contributed by atoms with E-state index in [2.05, 4.69) is 6.08 Å². The molecule has 0 aliphatic heterocycles. The molecule has 1 saturated carbocycles. The zero-order valence-corrected chi connectivity index (χ0v) is 9.71. The molecule has 1 rings (SSSR count). The van der Waals surface area contributed by atoms with Gasteiger partial charge in [-0.25, -0.2) is 0 Å². The summed E-state index contributed by atoms with van der Waals surface area (Å²) in [6.45, 7) is 2.44. The maximum absolute atomic E-state index is 11.0. The van der Waals surface area contributed by atoms with Gasteiger partial charge in [-0.05, 0) is 25.2 Å². The van der Waals surface area contributed by atoms with Gasteiger partial charge in [-0.1, -0.05) is 38.3 Å². The number of hydrogen-bond donors (Lipinski definition) is 0. The molecule has 0 unspecified atom stereocenters. The molecular formula is C13H22O2. The molecule has 1 fully saturated rings. The third kappa shape index (κ3) is 5.60. The van der Waals surface area contributed by atoms with Gasteiger partial charge in [0.25, 0.3) is 0 Å². The maximum Gasteiger partial charge on any atom is 0.306 e. The molecule has 2 nitrogen and oxygen atoms in total. The van der Waals surface area contributed by atoms with Crippen molar-refractivity contribution in [2.24, 2.45) is 5.92 Å². The van der Waals surface area contributed by atoms with Gasteiger partial charge in [0.15, 0.2) is 0 Å². The largest absolute Gasteiger partial charge is 0.461 e. The lowest BCUT2D eigenvalue weighted by Gasteiger charge is -2.17. The van der Waals surface area contributed by atoms with Crippen molar-refractivity contribution in [3.63, 3.8) is 0 Å². The predicted molar refractivity (Wildman–Crippen MR) is 61.6 cm³/mol. The molecule has 0 bridgehead atoms. The molecule has 0 atom stereocenters. The van der Waals surface area contributed by atoms with Crippen LogP contribution in [-0.4, -0.2) is 12.6 Å². The third-order valence-corrected chi connectivity index (χ3v) is 2.85. The summed E-state index contributed by atoms with van der Waals surface area (Å²) < 4.78 is 5.05. The highest BCUT2D eigenvalue weighted by molar-refractivity contribution is 5.69. The summed E-state index contributed by atoms with van der Waals surface area (Å²) in [7, 11) is 0. The van der Waals surface area contributed by atoms with Crippen molar-refractivity contribution in [3.8, 4) is 0 Å². The van der Waals surface area contributed by atoms with Crippen LogP contribution in [0.2, 0.25) is 0 Å². The van der Waals surface area contributed by atoms with Crippen LogP contribution in [0.1, 0.15) is 51.9 Å². The molecule has 86 valence electrons. The average molecular weight is 210 g/mol. The topological polar surface area (TPSA) is 26.3 Å². The van der Waals surface area contributed by atoms with Crippen molar-refractivity contribution in [1.82, 2.24) is 0 Å². The first-order valence-electron chi connectivity index (χ1n) is 6.15. The normalized spacial score (nSPS) is 18.2. The zero-order chi connectivity index (χ0) is 10.9. The monoisotopic (exact) mass is 210 g/mol. The fourth-order valence-electron chi connectivity index (χ4n) is 1.99. The van der Waals surface area contributed by atoms with E-state index in [1.807, 2.05) is 13.0 Å². The summed E-state index contributed by atoms with van der Waals surface area (Å²) in [6, 6.07) is 0. The highest BCUT2D eigenvalue weighted by atomic mass is 16.5. The quantitative estimate of drug-likeness (QED) is 0.513. The Morgan fingerprint density at radius 1 is 1.33 bits per heavy atom. The number of rotatable bonds is 5. The van der Waals surface area contributed by atoms with Crippen LogP contribution >= 0.6 is 0 Å². The van der Waals surface area contributed by atoms with Crippen LogP contribution in [0.3, 0.4) is 0 Å². The van der Waals surface area contributed by atoms with E-state index in [0.29, 0.717) is 13.0 Å². The number of carbonyl (C=O) groups excluding carboxylic acids is 1. The molecular weight excluding hydrogens is 188 g/mol. The Morgan fingerprint density at radius 2 is 2.07 bits per heavy atom. The van der Waals surface area contributed by atoms with Crippen molar-refractivity contribution in [3.05, 3.63) is 12.2 Å². The first-order valence-corrected chi connectivity index (χ1v) is 6.15. The summed E-state index contributed by atoms with van der Waals surface area (Å²) in [4.78, 5) is 11.0. The lowest BCUT2D eigenvalue weighted by molar-refractivity contribution is -0.142. The minimum Gasteiger partial charge on any atom is -0.461 e. The van der Waals surface area contributed by atoms with Gasteiger partial charge in [0.2, 0.25) is 0 Å². The summed E-state index contributed by atoms with van der Waals surface area (Å²) in [5.41, 5.74) is 0. The first-order chi connectivity index (χ1) is 7.33. The average Bonchev–Trinajstić information content (AvgIpc) is 2.26. The fourth-order valence-corrected chi connectivity index (χ4v) is 1.99. The van der Waals surface area contributed by atoms with E-state index >= 15 is 0 Å². The summed E-state index contributed by atoms with van der Waals surface area (Å²) in [5.74, 6) is 0.648. The molecule has 0 N–H and O–H groups in total. The van der Waals surface area contributed by atoms with Gasteiger partial charge in [0.05, 0.1) is 0 Å². The van der Waals surface area contributed by atoms with Crippen molar-refractivity contribution in [1.29, 1.82) is 0 Å². The Kier molecular flexibility index (Phi) is 6.14. The standard InChI is InChI=1S/C13H22O2/c1-2-7-13(14)15-11-6-10-12-8-4-3-5-9-12/h6,10,12H,2-5,7-9,11H2,1H3. The van der Waals surface area contributed by atoms with Crippen molar-refractivity contribution in [2.45, 2.75) is 51.9 Å². The van der Waals surface area contributed by atoms with Crippen LogP contribution < -0.4 is 0 Å². The van der Waals surface area contributed by atoms with E-state index in [1.165, 1.54) is 32.1 Å². The number of allylic oxidation sites excluding steroid dienone is 1.